The van der Waals surface area contributed by atoms with E-state index in [0.717, 1.165) is 33.2 Å². The van der Waals surface area contributed by atoms with Crippen LogP contribution < -0.4 is 5.32 Å². The molecule has 3 aromatic rings. The van der Waals surface area contributed by atoms with Crippen molar-refractivity contribution >= 4 is 32.9 Å². The van der Waals surface area contributed by atoms with Crippen LogP contribution in [0.15, 0.2) is 41.1 Å². The van der Waals surface area contributed by atoms with Gasteiger partial charge in [-0.2, -0.15) is 5.10 Å². The van der Waals surface area contributed by atoms with Gasteiger partial charge in [-0.25, -0.2) is 4.98 Å². The van der Waals surface area contributed by atoms with Crippen molar-refractivity contribution in [1.82, 2.24) is 25.4 Å². The maximum atomic E-state index is 13.2. The van der Waals surface area contributed by atoms with Crippen LogP contribution in [0.2, 0.25) is 0 Å². The van der Waals surface area contributed by atoms with E-state index in [0.29, 0.717) is 19.6 Å². The van der Waals surface area contributed by atoms with Gasteiger partial charge in [0.25, 0.3) is 0 Å². The van der Waals surface area contributed by atoms with Crippen LogP contribution >= 0.6 is 15.9 Å². The third-order valence-electron chi connectivity index (χ3n) is 4.89. The van der Waals surface area contributed by atoms with Crippen molar-refractivity contribution in [3.63, 3.8) is 0 Å². The molecule has 1 amide bonds. The van der Waals surface area contributed by atoms with Crippen molar-refractivity contribution in [2.75, 3.05) is 19.7 Å². The van der Waals surface area contributed by atoms with Gasteiger partial charge in [0.15, 0.2) is 5.65 Å². The molecule has 27 heavy (non-hydrogen) atoms. The number of benzene rings is 1. The Morgan fingerprint density at radius 1 is 1.37 bits per heavy atom. The molecule has 0 aliphatic carbocycles. The van der Waals surface area contributed by atoms with Crippen LogP contribution in [0.5, 0.6) is 0 Å². The van der Waals surface area contributed by atoms with E-state index in [1.54, 1.807) is 0 Å². The number of aliphatic hydroxyl groups is 1. The first-order valence-electron chi connectivity index (χ1n) is 8.87. The Morgan fingerprint density at radius 3 is 2.96 bits per heavy atom. The Bertz CT molecular complexity index is 959. The molecule has 3 heterocycles. The van der Waals surface area contributed by atoms with Crippen molar-refractivity contribution in [3.05, 3.63) is 57.8 Å². The summed E-state index contributed by atoms with van der Waals surface area (Å²) in [5, 5.41) is 20.4. The average Bonchev–Trinajstić information content (AvgIpc) is 3.10. The molecule has 0 saturated heterocycles. The number of aromatic amines is 1. The normalized spacial score (nSPS) is 15.0. The molecule has 1 aromatic carbocycles. The minimum atomic E-state index is -0.475. The number of amides is 1. The molecule has 0 saturated carbocycles. The molecule has 7 nitrogen and oxygen atoms in total. The van der Waals surface area contributed by atoms with E-state index >= 15 is 0 Å². The van der Waals surface area contributed by atoms with Crippen molar-refractivity contribution in [3.8, 4) is 0 Å². The Morgan fingerprint density at radius 2 is 2.19 bits per heavy atom. The molecule has 8 heteroatoms. The molecule has 4 rings (SSSR count). The lowest BCUT2D eigenvalue weighted by Crippen LogP contribution is -2.44. The minimum Gasteiger partial charge on any atom is -0.395 e. The predicted molar refractivity (Wildman–Crippen MR) is 105 cm³/mol. The summed E-state index contributed by atoms with van der Waals surface area (Å²) in [5.41, 5.74) is 3.88. The number of aliphatic hydroxyl groups excluding tert-OH is 1. The van der Waals surface area contributed by atoms with Crippen molar-refractivity contribution in [2.45, 2.75) is 19.0 Å². The first kappa shape index (κ1) is 18.1. The van der Waals surface area contributed by atoms with E-state index < -0.39 is 6.04 Å². The lowest BCUT2D eigenvalue weighted by molar-refractivity contribution is -0.134. The van der Waals surface area contributed by atoms with Crippen LogP contribution in [0.4, 0.5) is 0 Å². The third-order valence-corrected chi connectivity index (χ3v) is 5.46. The average molecular weight is 430 g/mol. The number of pyridine rings is 1. The topological polar surface area (TPSA) is 94.1 Å². The largest absolute Gasteiger partial charge is 0.395 e. The van der Waals surface area contributed by atoms with Crippen molar-refractivity contribution in [1.29, 1.82) is 0 Å². The molecular formula is C19H20BrN5O2. The zero-order chi connectivity index (χ0) is 18.8. The summed E-state index contributed by atoms with van der Waals surface area (Å²) in [6.45, 7) is 1.49. The third kappa shape index (κ3) is 3.47. The Hall–Kier alpha value is -2.29. The fraction of sp³-hybridized carbons (Fsp3) is 0.316. The van der Waals surface area contributed by atoms with E-state index in [1.807, 2.05) is 41.4 Å². The number of aromatic nitrogens is 3. The van der Waals surface area contributed by atoms with E-state index in [9.17, 15) is 9.90 Å². The molecule has 0 fully saturated rings. The van der Waals surface area contributed by atoms with Gasteiger partial charge in [-0.05, 0) is 39.0 Å². The standard InChI is InChI=1S/C19H20BrN5O2/c20-17-15-14-6-8-25(11-13(14)10-22-18(15)24-23-17)19(27)16(21-7-9-26)12-4-2-1-3-5-12/h1-5,10,16,21,26H,6-9,11H2,(H,22,23,24). The number of carbonyl (C=O) groups is 1. The number of nitrogens with zero attached hydrogens (tertiary/aromatic N) is 3. The number of fused-ring (bicyclic) bond motifs is 3. The molecular weight excluding hydrogens is 410 g/mol. The lowest BCUT2D eigenvalue weighted by atomic mass is 9.97. The molecule has 1 atom stereocenters. The number of rotatable bonds is 5. The highest BCUT2D eigenvalue weighted by molar-refractivity contribution is 9.10. The van der Waals surface area contributed by atoms with Crippen LogP contribution in [0.1, 0.15) is 22.7 Å². The summed E-state index contributed by atoms with van der Waals surface area (Å²) in [6.07, 6.45) is 2.57. The van der Waals surface area contributed by atoms with Gasteiger partial charge in [-0.15, -0.1) is 0 Å². The van der Waals surface area contributed by atoms with E-state index in [-0.39, 0.29) is 12.5 Å². The van der Waals surface area contributed by atoms with Gasteiger partial charge in [0, 0.05) is 25.8 Å². The molecule has 1 aliphatic rings. The van der Waals surface area contributed by atoms with Gasteiger partial charge >= 0.3 is 0 Å². The Kier molecular flexibility index (Phi) is 5.20. The van der Waals surface area contributed by atoms with Crippen molar-refractivity contribution in [2.24, 2.45) is 0 Å². The van der Waals surface area contributed by atoms with Crippen molar-refractivity contribution < 1.29 is 9.90 Å². The first-order chi connectivity index (χ1) is 13.2. The Labute approximate surface area is 164 Å². The van der Waals surface area contributed by atoms with E-state index in [4.69, 9.17) is 0 Å². The molecule has 140 valence electrons. The molecule has 1 aliphatic heterocycles. The predicted octanol–water partition coefficient (Wildman–Crippen LogP) is 1.93. The van der Waals surface area contributed by atoms with Gasteiger partial charge in [0.1, 0.15) is 10.6 Å². The van der Waals surface area contributed by atoms with Crippen LogP contribution in [0.25, 0.3) is 11.0 Å². The van der Waals surface area contributed by atoms with Gasteiger partial charge < -0.3 is 10.0 Å². The summed E-state index contributed by atoms with van der Waals surface area (Å²) in [6, 6.07) is 9.14. The van der Waals surface area contributed by atoms with Gasteiger partial charge in [-0.1, -0.05) is 30.3 Å². The summed E-state index contributed by atoms with van der Waals surface area (Å²) in [5.74, 6) is 0.00616. The first-order valence-corrected chi connectivity index (χ1v) is 9.66. The number of hydrogen-bond donors (Lipinski definition) is 3. The second kappa shape index (κ2) is 7.75. The number of nitrogens with one attached hydrogen (secondary N) is 2. The zero-order valence-electron chi connectivity index (χ0n) is 14.7. The highest BCUT2D eigenvalue weighted by Crippen LogP contribution is 2.30. The summed E-state index contributed by atoms with van der Waals surface area (Å²) in [4.78, 5) is 19.5. The van der Waals surface area contributed by atoms with Gasteiger partial charge in [0.05, 0.1) is 12.0 Å². The van der Waals surface area contributed by atoms with E-state index in [2.05, 4.69) is 36.4 Å². The smallest absolute Gasteiger partial charge is 0.244 e. The number of carbonyl (C=O) groups excluding carboxylic acids is 1. The van der Waals surface area contributed by atoms with Gasteiger partial charge in [0.2, 0.25) is 5.91 Å². The number of hydrogen-bond acceptors (Lipinski definition) is 5. The number of H-pyrrole nitrogens is 1. The molecule has 2 aromatic heterocycles. The summed E-state index contributed by atoms with van der Waals surface area (Å²) < 4.78 is 0.758. The summed E-state index contributed by atoms with van der Waals surface area (Å²) >= 11 is 3.48. The monoisotopic (exact) mass is 429 g/mol. The Balaban J connectivity index is 1.60. The summed E-state index contributed by atoms with van der Waals surface area (Å²) in [7, 11) is 0. The van der Waals surface area contributed by atoms with E-state index in [1.165, 1.54) is 5.56 Å². The SMILES string of the molecule is O=C(C(NCCO)c1ccccc1)N1CCc2c(cnc3[nH]nc(Br)c23)C1. The number of halogens is 1. The molecule has 0 radical (unpaired) electrons. The fourth-order valence-electron chi connectivity index (χ4n) is 3.58. The highest BCUT2D eigenvalue weighted by atomic mass is 79.9. The maximum absolute atomic E-state index is 13.2. The maximum Gasteiger partial charge on any atom is 0.244 e. The van der Waals surface area contributed by atoms with Crippen LogP contribution in [-0.2, 0) is 17.8 Å². The van der Waals surface area contributed by atoms with Crippen LogP contribution in [0.3, 0.4) is 0 Å². The molecule has 3 N–H and O–H groups in total. The second-order valence-corrected chi connectivity index (χ2v) is 7.28. The zero-order valence-corrected chi connectivity index (χ0v) is 16.2. The molecule has 0 spiro atoms. The minimum absolute atomic E-state index is 0.00616. The highest BCUT2D eigenvalue weighted by Gasteiger charge is 2.29. The quantitative estimate of drug-likeness (QED) is 0.575. The lowest BCUT2D eigenvalue weighted by Gasteiger charge is -2.32. The fourth-order valence-corrected chi connectivity index (χ4v) is 4.10. The molecule has 0 bridgehead atoms. The van der Waals surface area contributed by atoms with Gasteiger partial charge in [-0.3, -0.25) is 15.2 Å². The second-order valence-electron chi connectivity index (χ2n) is 6.53. The van der Waals surface area contributed by atoms with Crippen LogP contribution in [-0.4, -0.2) is 50.8 Å². The molecule has 1 unspecified atom stereocenters. The van der Waals surface area contributed by atoms with Crippen LogP contribution in [0, 0.1) is 0 Å².